The maximum absolute atomic E-state index is 12.7. The zero-order chi connectivity index (χ0) is 18.7. The Bertz CT molecular complexity index is 939. The molecule has 26 heavy (non-hydrogen) atoms. The summed E-state index contributed by atoms with van der Waals surface area (Å²) in [4.78, 5) is 25.1. The van der Waals surface area contributed by atoms with Gasteiger partial charge in [-0.3, -0.25) is 9.59 Å². The number of benzene rings is 2. The Balaban J connectivity index is 1.79. The van der Waals surface area contributed by atoms with Gasteiger partial charge in [0.05, 0.1) is 0 Å². The minimum Gasteiger partial charge on any atom is -0.371 e. The van der Waals surface area contributed by atoms with E-state index in [1.54, 1.807) is 41.3 Å². The summed E-state index contributed by atoms with van der Waals surface area (Å²) in [6, 6.07) is 11.5. The predicted molar refractivity (Wildman–Crippen MR) is 95.3 cm³/mol. The maximum Gasteiger partial charge on any atom is 0.382 e. The van der Waals surface area contributed by atoms with Crippen molar-refractivity contribution in [2.45, 2.75) is 13.0 Å². The van der Waals surface area contributed by atoms with Gasteiger partial charge < -0.3 is 9.08 Å². The number of fused-ring (bicyclic) bond motifs is 1. The number of hydrogen-bond acceptors (Lipinski definition) is 5. The van der Waals surface area contributed by atoms with E-state index in [2.05, 4.69) is 4.72 Å². The van der Waals surface area contributed by atoms with Gasteiger partial charge in [-0.05, 0) is 41.8 Å². The van der Waals surface area contributed by atoms with Crippen molar-refractivity contribution in [3.8, 4) is 5.75 Å². The van der Waals surface area contributed by atoms with Crippen LogP contribution in [0.1, 0.15) is 31.8 Å². The van der Waals surface area contributed by atoms with Crippen LogP contribution < -0.4 is 8.91 Å². The quantitative estimate of drug-likeness (QED) is 0.802. The van der Waals surface area contributed by atoms with E-state index in [0.717, 1.165) is 17.4 Å². The number of nitrogens with zero attached hydrogens (tertiary/aromatic N) is 1. The van der Waals surface area contributed by atoms with Crippen LogP contribution in [0.5, 0.6) is 5.75 Å². The molecule has 3 rings (SSSR count). The molecule has 0 bridgehead atoms. The van der Waals surface area contributed by atoms with Crippen molar-refractivity contribution >= 4 is 22.5 Å². The predicted octanol–water partition coefficient (Wildman–Crippen LogP) is 1.54. The highest BCUT2D eigenvalue weighted by atomic mass is 32.2. The highest BCUT2D eigenvalue weighted by Gasteiger charge is 2.23. The largest absolute Gasteiger partial charge is 0.382 e. The summed E-state index contributed by atoms with van der Waals surface area (Å²) < 4.78 is 30.1. The summed E-state index contributed by atoms with van der Waals surface area (Å²) in [6.07, 6.45) is 1.40. The first kappa shape index (κ1) is 18.1. The SMILES string of the molecule is CNS(=O)(=O)Oc1ccc2c(c1)CN(C(=O)c1ccc(C=O)cc1)CC2. The fourth-order valence-electron chi connectivity index (χ4n) is 2.81. The Hall–Kier alpha value is -2.71. The molecule has 0 spiro atoms. The second kappa shape index (κ2) is 7.27. The van der Waals surface area contributed by atoms with Crippen LogP contribution in [0.3, 0.4) is 0 Å². The summed E-state index contributed by atoms with van der Waals surface area (Å²) in [5, 5.41) is 0. The van der Waals surface area contributed by atoms with Gasteiger partial charge in [0.25, 0.3) is 5.91 Å². The molecule has 1 aliphatic heterocycles. The van der Waals surface area contributed by atoms with E-state index in [1.807, 2.05) is 6.07 Å². The molecule has 0 saturated heterocycles. The van der Waals surface area contributed by atoms with Crippen LogP contribution >= 0.6 is 0 Å². The number of rotatable bonds is 5. The van der Waals surface area contributed by atoms with Crippen LogP contribution in [-0.4, -0.2) is 39.1 Å². The van der Waals surface area contributed by atoms with Crippen molar-refractivity contribution in [1.82, 2.24) is 9.62 Å². The summed E-state index contributed by atoms with van der Waals surface area (Å²) in [7, 11) is -2.57. The molecule has 1 heterocycles. The number of aldehydes is 1. The van der Waals surface area contributed by atoms with Gasteiger partial charge in [0.1, 0.15) is 12.0 Å². The fraction of sp³-hybridized carbons (Fsp3) is 0.222. The molecule has 7 nitrogen and oxygen atoms in total. The third-order valence-corrected chi connectivity index (χ3v) is 5.14. The van der Waals surface area contributed by atoms with E-state index in [4.69, 9.17) is 4.18 Å². The lowest BCUT2D eigenvalue weighted by Crippen LogP contribution is -2.36. The highest BCUT2D eigenvalue weighted by Crippen LogP contribution is 2.25. The van der Waals surface area contributed by atoms with Gasteiger partial charge in [-0.1, -0.05) is 18.2 Å². The first-order valence-electron chi connectivity index (χ1n) is 8.01. The fourth-order valence-corrected chi connectivity index (χ4v) is 3.25. The van der Waals surface area contributed by atoms with Crippen molar-refractivity contribution in [2.24, 2.45) is 0 Å². The Labute approximate surface area is 151 Å². The van der Waals surface area contributed by atoms with E-state index >= 15 is 0 Å². The van der Waals surface area contributed by atoms with Crippen LogP contribution in [0.2, 0.25) is 0 Å². The van der Waals surface area contributed by atoms with Crippen molar-refractivity contribution < 1.29 is 22.2 Å². The molecule has 1 amide bonds. The van der Waals surface area contributed by atoms with Crippen molar-refractivity contribution in [1.29, 1.82) is 0 Å². The van der Waals surface area contributed by atoms with Crippen LogP contribution in [-0.2, 0) is 23.3 Å². The Morgan fingerprint density at radius 1 is 1.15 bits per heavy atom. The standard InChI is InChI=1S/C18H18N2O5S/c1-19-26(23,24)25-17-7-6-14-8-9-20(11-16(14)10-17)18(22)15-4-2-13(12-21)3-5-15/h2-7,10,12,19H,8-9,11H2,1H3. The van der Waals surface area contributed by atoms with Crippen molar-refractivity contribution in [2.75, 3.05) is 13.6 Å². The van der Waals surface area contributed by atoms with Gasteiger partial charge >= 0.3 is 10.3 Å². The first-order valence-corrected chi connectivity index (χ1v) is 9.42. The number of hydrogen-bond donors (Lipinski definition) is 1. The van der Waals surface area contributed by atoms with E-state index in [1.165, 1.54) is 7.05 Å². The Kier molecular flexibility index (Phi) is 5.06. The normalized spacial score (nSPS) is 13.8. The van der Waals surface area contributed by atoms with Gasteiger partial charge in [0, 0.05) is 31.3 Å². The van der Waals surface area contributed by atoms with Crippen LogP contribution in [0.25, 0.3) is 0 Å². The third-order valence-electron chi connectivity index (χ3n) is 4.23. The highest BCUT2D eigenvalue weighted by molar-refractivity contribution is 7.85. The molecule has 0 saturated carbocycles. The number of amides is 1. The summed E-state index contributed by atoms with van der Waals surface area (Å²) in [5.41, 5.74) is 2.92. The zero-order valence-corrected chi connectivity index (χ0v) is 15.0. The molecule has 8 heteroatoms. The lowest BCUT2D eigenvalue weighted by atomic mass is 9.98. The second-order valence-corrected chi connectivity index (χ2v) is 7.37. The Morgan fingerprint density at radius 3 is 2.54 bits per heavy atom. The number of carbonyl (C=O) groups is 2. The number of nitrogens with one attached hydrogen (secondary N) is 1. The van der Waals surface area contributed by atoms with E-state index in [0.29, 0.717) is 30.6 Å². The molecular formula is C18H18N2O5S. The summed E-state index contributed by atoms with van der Waals surface area (Å²) in [6.45, 7) is 0.927. The lowest BCUT2D eigenvalue weighted by Gasteiger charge is -2.29. The summed E-state index contributed by atoms with van der Waals surface area (Å²) >= 11 is 0. The molecule has 2 aromatic rings. The molecule has 0 radical (unpaired) electrons. The van der Waals surface area contributed by atoms with Gasteiger partial charge in [0.2, 0.25) is 0 Å². The molecule has 0 aromatic heterocycles. The van der Waals surface area contributed by atoms with E-state index in [-0.39, 0.29) is 11.7 Å². The third kappa shape index (κ3) is 3.92. The van der Waals surface area contributed by atoms with Crippen molar-refractivity contribution in [3.05, 3.63) is 64.7 Å². The smallest absolute Gasteiger partial charge is 0.371 e. The zero-order valence-electron chi connectivity index (χ0n) is 14.1. The van der Waals surface area contributed by atoms with E-state index in [9.17, 15) is 18.0 Å². The molecule has 0 atom stereocenters. The van der Waals surface area contributed by atoms with Crippen LogP contribution in [0.4, 0.5) is 0 Å². The van der Waals surface area contributed by atoms with Gasteiger partial charge in [-0.25, -0.2) is 0 Å². The van der Waals surface area contributed by atoms with Gasteiger partial charge in [-0.15, -0.1) is 0 Å². The van der Waals surface area contributed by atoms with Gasteiger partial charge in [-0.2, -0.15) is 13.1 Å². The molecule has 0 unspecified atom stereocenters. The van der Waals surface area contributed by atoms with Crippen molar-refractivity contribution in [3.63, 3.8) is 0 Å². The first-order chi connectivity index (χ1) is 12.4. The molecule has 136 valence electrons. The molecular weight excluding hydrogens is 356 g/mol. The Morgan fingerprint density at radius 2 is 1.88 bits per heavy atom. The second-order valence-electron chi connectivity index (χ2n) is 5.89. The van der Waals surface area contributed by atoms with E-state index < -0.39 is 10.3 Å². The molecule has 0 fully saturated rings. The van der Waals surface area contributed by atoms with Crippen LogP contribution in [0.15, 0.2) is 42.5 Å². The summed E-state index contributed by atoms with van der Waals surface area (Å²) in [5.74, 6) is 0.0602. The van der Waals surface area contributed by atoms with Gasteiger partial charge in [0.15, 0.2) is 0 Å². The lowest BCUT2D eigenvalue weighted by molar-refractivity contribution is 0.0734. The van der Waals surface area contributed by atoms with Crippen LogP contribution in [0, 0.1) is 0 Å². The maximum atomic E-state index is 12.7. The topological polar surface area (TPSA) is 92.8 Å². The molecule has 1 N–H and O–H groups in total. The molecule has 0 aliphatic carbocycles. The minimum atomic E-state index is -3.84. The average Bonchev–Trinajstić information content (AvgIpc) is 2.66. The minimum absolute atomic E-state index is 0.137. The molecule has 2 aromatic carbocycles. The average molecular weight is 374 g/mol. The molecule has 1 aliphatic rings. The monoisotopic (exact) mass is 374 g/mol. The number of carbonyl (C=O) groups excluding carboxylic acids is 2.